The normalized spacial score (nSPS) is 9.59. The zero-order valence-corrected chi connectivity index (χ0v) is 10.2. The monoisotopic (exact) mass is 233 g/mol. The van der Waals surface area contributed by atoms with Gasteiger partial charge in [0.25, 0.3) is 5.91 Å². The van der Waals surface area contributed by atoms with Crippen LogP contribution in [0.5, 0.6) is 5.75 Å². The topological polar surface area (TPSA) is 55.4 Å². The molecule has 0 aromatic heterocycles. The van der Waals surface area contributed by atoms with Gasteiger partial charge >= 0.3 is 0 Å². The van der Waals surface area contributed by atoms with Crippen molar-refractivity contribution < 1.29 is 14.3 Å². The summed E-state index contributed by atoms with van der Waals surface area (Å²) in [5.41, 5.74) is 1.00. The van der Waals surface area contributed by atoms with Gasteiger partial charge < -0.3 is 10.1 Å². The highest BCUT2D eigenvalue weighted by molar-refractivity contribution is 6.14. The highest BCUT2D eigenvalue weighted by Gasteiger charge is 2.17. The van der Waals surface area contributed by atoms with Gasteiger partial charge in [0.1, 0.15) is 5.75 Å². The summed E-state index contributed by atoms with van der Waals surface area (Å²) in [5.74, 6) is -0.0398. The van der Waals surface area contributed by atoms with Crippen LogP contribution in [0.15, 0.2) is 30.4 Å². The fourth-order valence-electron chi connectivity index (χ4n) is 1.40. The molecule has 0 radical (unpaired) electrons. The summed E-state index contributed by atoms with van der Waals surface area (Å²) in [4.78, 5) is 23.5. The van der Waals surface area contributed by atoms with Crippen molar-refractivity contribution in [3.05, 3.63) is 41.5 Å². The van der Waals surface area contributed by atoms with E-state index >= 15 is 0 Å². The maximum absolute atomic E-state index is 11.9. The van der Waals surface area contributed by atoms with E-state index in [1.165, 1.54) is 14.2 Å². The Bertz CT molecular complexity index is 478. The van der Waals surface area contributed by atoms with Crippen LogP contribution < -0.4 is 10.1 Å². The minimum atomic E-state index is -0.308. The predicted octanol–water partition coefficient (Wildman–Crippen LogP) is 1.81. The molecule has 0 unspecified atom stereocenters. The molecule has 0 aliphatic rings. The number of carbonyl (C=O) groups excluding carboxylic acids is 2. The Morgan fingerprint density at radius 1 is 1.29 bits per heavy atom. The van der Waals surface area contributed by atoms with Crippen LogP contribution in [-0.2, 0) is 0 Å². The summed E-state index contributed by atoms with van der Waals surface area (Å²) in [7, 11) is 3.02. The average Bonchev–Trinajstić information content (AvgIpc) is 2.35. The van der Waals surface area contributed by atoms with E-state index in [9.17, 15) is 9.59 Å². The Hall–Kier alpha value is -2.10. The van der Waals surface area contributed by atoms with E-state index in [1.54, 1.807) is 25.1 Å². The second-order valence-electron chi connectivity index (χ2n) is 3.60. The van der Waals surface area contributed by atoms with Crippen LogP contribution >= 0.6 is 0 Å². The third kappa shape index (κ3) is 2.72. The Kier molecular flexibility index (Phi) is 4.04. The molecular weight excluding hydrogens is 218 g/mol. The van der Waals surface area contributed by atoms with Crippen LogP contribution in [0, 0.1) is 0 Å². The van der Waals surface area contributed by atoms with E-state index in [0.29, 0.717) is 22.4 Å². The minimum Gasteiger partial charge on any atom is -0.497 e. The van der Waals surface area contributed by atoms with Crippen LogP contribution in [-0.4, -0.2) is 25.8 Å². The number of ether oxygens (including phenoxy) is 1. The molecule has 0 atom stereocenters. The lowest BCUT2D eigenvalue weighted by Crippen LogP contribution is -2.21. The van der Waals surface area contributed by atoms with E-state index in [4.69, 9.17) is 4.74 Å². The molecule has 4 nitrogen and oxygen atoms in total. The van der Waals surface area contributed by atoms with Crippen molar-refractivity contribution in [2.45, 2.75) is 6.92 Å². The van der Waals surface area contributed by atoms with Crippen molar-refractivity contribution in [3.8, 4) is 5.75 Å². The number of rotatable bonds is 4. The molecule has 0 heterocycles. The number of hydrogen-bond donors (Lipinski definition) is 1. The molecule has 1 rings (SSSR count). The summed E-state index contributed by atoms with van der Waals surface area (Å²) in [6.07, 6.45) is 0. The van der Waals surface area contributed by atoms with Gasteiger partial charge in [-0.05, 0) is 30.7 Å². The summed E-state index contributed by atoms with van der Waals surface area (Å²) < 4.78 is 5.04. The third-order valence-corrected chi connectivity index (χ3v) is 2.33. The lowest BCUT2D eigenvalue weighted by atomic mass is 9.99. The van der Waals surface area contributed by atoms with Crippen LogP contribution in [0.2, 0.25) is 0 Å². The number of nitrogens with one attached hydrogen (secondary N) is 1. The molecule has 1 aromatic carbocycles. The Morgan fingerprint density at radius 3 is 2.41 bits per heavy atom. The quantitative estimate of drug-likeness (QED) is 0.637. The molecule has 0 spiro atoms. The molecule has 0 saturated heterocycles. The number of amides is 1. The summed E-state index contributed by atoms with van der Waals surface area (Å²) in [6, 6.07) is 4.75. The second kappa shape index (κ2) is 5.30. The Balaban J connectivity index is 3.35. The number of Topliss-reactive ketones (excluding diaryl/α,β-unsaturated/α-hetero) is 1. The van der Waals surface area contributed by atoms with Gasteiger partial charge in [-0.25, -0.2) is 0 Å². The Morgan fingerprint density at radius 2 is 1.94 bits per heavy atom. The molecule has 4 heteroatoms. The number of carbonyl (C=O) groups is 2. The van der Waals surface area contributed by atoms with Gasteiger partial charge in [-0.15, -0.1) is 0 Å². The molecule has 0 bridgehead atoms. The molecule has 17 heavy (non-hydrogen) atoms. The number of benzene rings is 1. The van der Waals surface area contributed by atoms with E-state index in [2.05, 4.69) is 11.9 Å². The summed E-state index contributed by atoms with van der Waals surface area (Å²) in [6.45, 7) is 5.20. The summed E-state index contributed by atoms with van der Waals surface area (Å²) >= 11 is 0. The SMILES string of the molecule is C=C(C)C(=O)c1cc(OC)ccc1C(=O)NC. The van der Waals surface area contributed by atoms with Gasteiger partial charge in [0.2, 0.25) is 0 Å². The van der Waals surface area contributed by atoms with Crippen LogP contribution in [0.25, 0.3) is 0 Å². The second-order valence-corrected chi connectivity index (χ2v) is 3.60. The first-order valence-corrected chi connectivity index (χ1v) is 5.11. The average molecular weight is 233 g/mol. The first kappa shape index (κ1) is 13.0. The first-order chi connectivity index (χ1) is 8.01. The maximum atomic E-state index is 11.9. The number of methoxy groups -OCH3 is 1. The van der Waals surface area contributed by atoms with Crippen LogP contribution in [0.1, 0.15) is 27.6 Å². The van der Waals surface area contributed by atoms with E-state index in [1.807, 2.05) is 0 Å². The molecule has 0 fully saturated rings. The maximum Gasteiger partial charge on any atom is 0.251 e. The predicted molar refractivity (Wildman–Crippen MR) is 65.5 cm³/mol. The highest BCUT2D eigenvalue weighted by Crippen LogP contribution is 2.20. The minimum absolute atomic E-state index is 0.262. The van der Waals surface area contributed by atoms with E-state index < -0.39 is 0 Å². The molecule has 90 valence electrons. The lowest BCUT2D eigenvalue weighted by Gasteiger charge is -2.09. The molecule has 0 aliphatic carbocycles. The standard InChI is InChI=1S/C13H15NO3/c1-8(2)12(15)11-7-9(17-4)5-6-10(11)13(16)14-3/h5-7H,1H2,2-4H3,(H,14,16). The highest BCUT2D eigenvalue weighted by atomic mass is 16.5. The van der Waals surface area contributed by atoms with E-state index in [-0.39, 0.29) is 11.7 Å². The summed E-state index contributed by atoms with van der Waals surface area (Å²) in [5, 5.41) is 2.49. The number of ketones is 1. The van der Waals surface area contributed by atoms with Gasteiger partial charge in [-0.2, -0.15) is 0 Å². The van der Waals surface area contributed by atoms with Gasteiger partial charge in [0.15, 0.2) is 5.78 Å². The Labute approximate surface area is 100 Å². The van der Waals surface area contributed by atoms with Crippen molar-refractivity contribution >= 4 is 11.7 Å². The molecule has 1 aromatic rings. The molecular formula is C13H15NO3. The fourth-order valence-corrected chi connectivity index (χ4v) is 1.40. The number of allylic oxidation sites excluding steroid dienone is 1. The molecule has 0 saturated carbocycles. The van der Waals surface area contributed by atoms with Crippen molar-refractivity contribution in [1.29, 1.82) is 0 Å². The largest absolute Gasteiger partial charge is 0.497 e. The van der Waals surface area contributed by atoms with Gasteiger partial charge in [-0.1, -0.05) is 6.58 Å². The van der Waals surface area contributed by atoms with Crippen molar-refractivity contribution in [1.82, 2.24) is 5.32 Å². The van der Waals surface area contributed by atoms with Crippen molar-refractivity contribution in [2.24, 2.45) is 0 Å². The van der Waals surface area contributed by atoms with Crippen molar-refractivity contribution in [2.75, 3.05) is 14.2 Å². The zero-order chi connectivity index (χ0) is 13.0. The van der Waals surface area contributed by atoms with Gasteiger partial charge in [-0.3, -0.25) is 9.59 Å². The van der Waals surface area contributed by atoms with Crippen LogP contribution in [0.3, 0.4) is 0 Å². The third-order valence-electron chi connectivity index (χ3n) is 2.33. The molecule has 1 N–H and O–H groups in total. The fraction of sp³-hybridized carbons (Fsp3) is 0.231. The van der Waals surface area contributed by atoms with E-state index in [0.717, 1.165) is 0 Å². The van der Waals surface area contributed by atoms with Gasteiger partial charge in [0, 0.05) is 12.6 Å². The van der Waals surface area contributed by atoms with Crippen LogP contribution in [0.4, 0.5) is 0 Å². The first-order valence-electron chi connectivity index (χ1n) is 5.11. The smallest absolute Gasteiger partial charge is 0.251 e. The molecule has 0 aliphatic heterocycles. The number of hydrogen-bond acceptors (Lipinski definition) is 3. The molecule has 1 amide bonds. The van der Waals surface area contributed by atoms with Gasteiger partial charge in [0.05, 0.1) is 12.7 Å². The lowest BCUT2D eigenvalue weighted by molar-refractivity contribution is 0.0950. The zero-order valence-electron chi connectivity index (χ0n) is 10.2. The van der Waals surface area contributed by atoms with Crippen molar-refractivity contribution in [3.63, 3.8) is 0 Å².